The number of hydrogen-bond acceptors (Lipinski definition) is 2. The SMILES string of the molecule is Brc1cc(Br)c2ccc3c(Br)cc(Br)c4ccc1c2c43.C.C.OB(O)c1cc2ccccc2c2ccccc12.c1ccc2c(c1)cc(-c1cc(-c3cc4ccccc4c4ccccc34)c3ccc4c(-c5cc6ccccc6c6ccccc56)cc(-c5cc6ccccc6c6ccccc56)c5ccc1c3c54)c1ccccc12. The lowest BCUT2D eigenvalue weighted by molar-refractivity contribution is 0.426. The summed E-state index contributed by atoms with van der Waals surface area (Å²) in [4.78, 5) is 0. The molecule has 23 aromatic carbocycles. The monoisotopic (exact) mass is 1670 g/mol. The zero-order valence-electron chi connectivity index (χ0n) is 58.4. The Kier molecular flexibility index (Phi) is 17.6. The first-order chi connectivity index (χ1) is 53.6. The Hall–Kier alpha value is -11.4. The fraction of sp³-hybridized carbons (Fsp3) is 0.0192. The molecule has 0 amide bonds. The van der Waals surface area contributed by atoms with Crippen molar-refractivity contribution in [3.05, 3.63) is 364 Å². The molecular weight excluding hydrogens is 1610 g/mol. The van der Waals surface area contributed by atoms with Crippen LogP contribution in [0.5, 0.6) is 0 Å². The fourth-order valence-corrected chi connectivity index (χ4v) is 21.0. The van der Waals surface area contributed by atoms with E-state index in [-0.39, 0.29) is 14.9 Å². The van der Waals surface area contributed by atoms with E-state index in [4.69, 9.17) is 0 Å². The Morgan fingerprint density at radius 1 is 0.162 bits per heavy atom. The minimum atomic E-state index is -1.44. The Morgan fingerprint density at radius 2 is 0.342 bits per heavy atom. The third-order valence-electron chi connectivity index (χ3n) is 22.9. The smallest absolute Gasteiger partial charge is 0.423 e. The zero-order chi connectivity index (χ0) is 72.9. The van der Waals surface area contributed by atoms with Gasteiger partial charge in [-0.05, 0) is 271 Å². The lowest BCUT2D eigenvalue weighted by Crippen LogP contribution is -2.30. The van der Waals surface area contributed by atoms with E-state index >= 15 is 0 Å². The van der Waals surface area contributed by atoms with Gasteiger partial charge in [-0.25, -0.2) is 0 Å². The summed E-state index contributed by atoms with van der Waals surface area (Å²) in [6.45, 7) is 0. The maximum Gasteiger partial charge on any atom is 0.489 e. The second-order valence-electron chi connectivity index (χ2n) is 28.6. The van der Waals surface area contributed by atoms with Gasteiger partial charge in [0.15, 0.2) is 0 Å². The third-order valence-corrected chi connectivity index (χ3v) is 25.5. The van der Waals surface area contributed by atoms with Gasteiger partial charge in [-0.1, -0.05) is 376 Å². The normalized spacial score (nSPS) is 11.7. The highest BCUT2D eigenvalue weighted by Gasteiger charge is 2.26. The van der Waals surface area contributed by atoms with Crippen molar-refractivity contribution in [3.63, 3.8) is 0 Å². The van der Waals surface area contributed by atoms with Crippen molar-refractivity contribution in [2.24, 2.45) is 0 Å². The van der Waals surface area contributed by atoms with Gasteiger partial charge in [-0.15, -0.1) is 0 Å². The molecule has 23 aromatic rings. The lowest BCUT2D eigenvalue weighted by Gasteiger charge is -2.24. The van der Waals surface area contributed by atoms with Crippen LogP contribution in [-0.2, 0) is 0 Å². The van der Waals surface area contributed by atoms with Crippen molar-refractivity contribution in [2.75, 3.05) is 0 Å². The molecule has 0 saturated carbocycles. The first kappa shape index (κ1) is 70.1. The van der Waals surface area contributed by atoms with Crippen LogP contribution in [0.15, 0.2) is 364 Å². The van der Waals surface area contributed by atoms with E-state index in [1.807, 2.05) is 54.6 Å². The zero-order valence-corrected chi connectivity index (χ0v) is 64.7. The van der Waals surface area contributed by atoms with Crippen molar-refractivity contribution in [2.45, 2.75) is 14.9 Å². The van der Waals surface area contributed by atoms with Crippen LogP contribution in [0.3, 0.4) is 0 Å². The molecule has 0 aliphatic rings. The summed E-state index contributed by atoms with van der Waals surface area (Å²) >= 11 is 14.7. The highest BCUT2D eigenvalue weighted by atomic mass is 79.9. The molecule has 0 saturated heterocycles. The molecule has 0 spiro atoms. The standard InChI is InChI=1S/C72H42.C16H6Br4.C14H11BO2.2CH4/c1-5-21-47-43(17-1)37-63(55-29-13-9-25-51(47)55)67-41-68(64-38-44-18-2-6-22-48(44)52-26-10-14-30-56(52)64)60-35-36-62-70(66-40-46-20-4-8-24-50(46)54-28-12-16-32-58(54)66)42-69(61-34-33-59(67)71(60)72(61)62)65-39-45-19-3-7-23-49(45)53-27-11-15-31-57(53)65;17-11-5-13(19)9-3-4-10-14(20)6-12(18)8-2-1-7(11)15(9)16(8)10;16-15(17)14-9-10-5-1-2-6-11(10)12-7-3-4-8-13(12)14;;/h1-42H;1-6H;1-9,16-17H;2*1H4. The van der Waals surface area contributed by atoms with Crippen LogP contribution in [-0.4, -0.2) is 17.2 Å². The second kappa shape index (κ2) is 27.9. The number of fused-ring (bicyclic) bond motifs is 15. The first-order valence-electron chi connectivity index (χ1n) is 36.7. The number of benzene rings is 23. The van der Waals surface area contributed by atoms with Crippen LogP contribution in [0.2, 0.25) is 0 Å². The third kappa shape index (κ3) is 11.2. The van der Waals surface area contributed by atoms with Gasteiger partial charge in [0.25, 0.3) is 0 Å². The summed E-state index contributed by atoms with van der Waals surface area (Å²) < 4.78 is 4.45. The molecule has 0 aromatic heterocycles. The van der Waals surface area contributed by atoms with Crippen LogP contribution in [0.25, 0.3) is 217 Å². The molecule has 23 rings (SSSR count). The minimum Gasteiger partial charge on any atom is -0.423 e. The molecule has 0 fully saturated rings. The molecule has 111 heavy (non-hydrogen) atoms. The number of rotatable bonds is 5. The van der Waals surface area contributed by atoms with Gasteiger partial charge < -0.3 is 10.0 Å². The number of hydrogen-bond donors (Lipinski definition) is 2. The van der Waals surface area contributed by atoms with Gasteiger partial charge in [0.1, 0.15) is 0 Å². The molecule has 0 bridgehead atoms. The summed E-state index contributed by atoms with van der Waals surface area (Å²) in [5, 5.41) is 58.3. The lowest BCUT2D eigenvalue weighted by atomic mass is 9.76. The van der Waals surface area contributed by atoms with Gasteiger partial charge in [0.05, 0.1) is 0 Å². The second-order valence-corrected chi connectivity index (χ2v) is 32.1. The maximum absolute atomic E-state index is 9.44. The van der Waals surface area contributed by atoms with Crippen LogP contribution in [0, 0.1) is 0 Å². The Morgan fingerprint density at radius 3 is 0.595 bits per heavy atom. The van der Waals surface area contributed by atoms with Crippen LogP contribution in [0.4, 0.5) is 0 Å². The number of halogens is 4. The molecule has 2 nitrogen and oxygen atoms in total. The molecule has 7 heteroatoms. The van der Waals surface area contributed by atoms with Gasteiger partial charge in [-0.2, -0.15) is 0 Å². The van der Waals surface area contributed by atoms with E-state index < -0.39 is 7.12 Å². The first-order valence-corrected chi connectivity index (χ1v) is 39.8. The fourth-order valence-electron chi connectivity index (χ4n) is 18.1. The van der Waals surface area contributed by atoms with Gasteiger partial charge in [0, 0.05) is 17.9 Å². The topological polar surface area (TPSA) is 40.5 Å². The molecule has 0 radical (unpaired) electrons. The van der Waals surface area contributed by atoms with Crippen molar-refractivity contribution >= 4 is 249 Å². The molecule has 0 unspecified atom stereocenters. The van der Waals surface area contributed by atoms with Crippen LogP contribution >= 0.6 is 63.7 Å². The van der Waals surface area contributed by atoms with Crippen LogP contribution < -0.4 is 5.46 Å². The van der Waals surface area contributed by atoms with Crippen molar-refractivity contribution in [1.29, 1.82) is 0 Å². The van der Waals surface area contributed by atoms with Gasteiger partial charge in [0.2, 0.25) is 0 Å². The predicted octanol–water partition coefficient (Wildman–Crippen LogP) is 31.1. The van der Waals surface area contributed by atoms with Gasteiger partial charge >= 0.3 is 7.12 Å². The average Bonchev–Trinajstić information content (AvgIpc) is 0.704. The maximum atomic E-state index is 9.44. The summed E-state index contributed by atoms with van der Waals surface area (Å²) in [5.41, 5.74) is 10.5. The van der Waals surface area contributed by atoms with Crippen LogP contribution in [0.1, 0.15) is 14.9 Å². The van der Waals surface area contributed by atoms with E-state index in [0.29, 0.717) is 5.46 Å². The minimum absolute atomic E-state index is 0. The van der Waals surface area contributed by atoms with E-state index in [1.54, 1.807) is 0 Å². The van der Waals surface area contributed by atoms with Crippen molar-refractivity contribution < 1.29 is 10.0 Å². The van der Waals surface area contributed by atoms with Crippen molar-refractivity contribution in [3.8, 4) is 44.5 Å². The van der Waals surface area contributed by atoms with Gasteiger partial charge in [-0.3, -0.25) is 0 Å². The van der Waals surface area contributed by atoms with Crippen molar-refractivity contribution in [1.82, 2.24) is 0 Å². The summed E-state index contributed by atoms with van der Waals surface area (Å²) in [6.07, 6.45) is 0. The Bertz CT molecular complexity index is 7010. The highest BCUT2D eigenvalue weighted by Crippen LogP contribution is 2.54. The van der Waals surface area contributed by atoms with E-state index in [1.165, 1.54) is 195 Å². The Labute approximate surface area is 675 Å². The summed E-state index contributed by atoms with van der Waals surface area (Å²) in [5.74, 6) is 0. The quantitative estimate of drug-likeness (QED) is 0.133. The van der Waals surface area contributed by atoms with E-state index in [9.17, 15) is 10.0 Å². The van der Waals surface area contributed by atoms with E-state index in [2.05, 4.69) is 355 Å². The molecule has 526 valence electrons. The molecule has 0 aliphatic heterocycles. The molecule has 2 N–H and O–H groups in total. The molecule has 0 heterocycles. The predicted molar refractivity (Wildman–Crippen MR) is 498 cm³/mol. The Balaban J connectivity index is 0.000000173. The summed E-state index contributed by atoms with van der Waals surface area (Å²) in [7, 11) is -1.44. The molecule has 0 atom stereocenters. The molecule has 0 aliphatic carbocycles. The highest BCUT2D eigenvalue weighted by molar-refractivity contribution is 9.11. The largest absolute Gasteiger partial charge is 0.489 e. The van der Waals surface area contributed by atoms with E-state index in [0.717, 1.165) is 39.4 Å². The molecular formula is C104H67BBr4O2. The summed E-state index contributed by atoms with van der Waals surface area (Å²) in [6, 6.07) is 127. The average molecular weight is 1680 g/mol.